The Balaban J connectivity index is 2.32. The molecule has 1 N–H and O–H groups in total. The van der Waals surface area contributed by atoms with Crippen LogP contribution in [-0.4, -0.2) is 34.0 Å². The summed E-state index contributed by atoms with van der Waals surface area (Å²) in [4.78, 5) is 26.0. The molecule has 0 aliphatic carbocycles. The lowest BCUT2D eigenvalue weighted by molar-refractivity contribution is -0.143. The van der Waals surface area contributed by atoms with Gasteiger partial charge in [-0.1, -0.05) is 48.5 Å². The maximum Gasteiger partial charge on any atom is 0.326 e. The summed E-state index contributed by atoms with van der Waals surface area (Å²) in [7, 11) is 0. The van der Waals surface area contributed by atoms with E-state index in [1.807, 2.05) is 50.2 Å². The molecule has 1 atom stereocenters. The van der Waals surface area contributed by atoms with Crippen LogP contribution in [0.15, 0.2) is 60.7 Å². The van der Waals surface area contributed by atoms with E-state index in [0.717, 1.165) is 5.56 Å². The molecule has 0 bridgehead atoms. The van der Waals surface area contributed by atoms with Crippen LogP contribution in [0.3, 0.4) is 0 Å². The Morgan fingerprint density at radius 1 is 0.957 bits per heavy atom. The molecule has 0 saturated carbocycles. The van der Waals surface area contributed by atoms with Gasteiger partial charge in [-0.15, -0.1) is 0 Å². The van der Waals surface area contributed by atoms with E-state index in [1.54, 1.807) is 24.3 Å². The third-order valence-electron chi connectivity index (χ3n) is 3.70. The lowest BCUT2D eigenvalue weighted by atomic mass is 10.0. The van der Waals surface area contributed by atoms with Gasteiger partial charge >= 0.3 is 5.97 Å². The fourth-order valence-electron chi connectivity index (χ4n) is 2.61. The molecule has 2 rings (SSSR count). The van der Waals surface area contributed by atoms with Crippen molar-refractivity contribution in [1.29, 1.82) is 0 Å². The van der Waals surface area contributed by atoms with Gasteiger partial charge in [-0.3, -0.25) is 4.79 Å². The number of carboxylic acid groups (broad SMARTS) is 1. The molecule has 0 radical (unpaired) electrons. The van der Waals surface area contributed by atoms with Gasteiger partial charge in [-0.05, 0) is 31.5 Å². The van der Waals surface area contributed by atoms with Crippen LogP contribution < -0.4 is 0 Å². The van der Waals surface area contributed by atoms with Gasteiger partial charge in [0.2, 0.25) is 0 Å². The smallest absolute Gasteiger partial charge is 0.326 e. The fraction of sp³-hybridized carbons (Fsp3) is 0.263. The molecule has 0 aliphatic heterocycles. The van der Waals surface area contributed by atoms with Gasteiger partial charge in [0.25, 0.3) is 5.91 Å². The summed E-state index contributed by atoms with van der Waals surface area (Å²) >= 11 is 0. The monoisotopic (exact) mass is 311 g/mol. The highest BCUT2D eigenvalue weighted by Crippen LogP contribution is 2.17. The molecular formula is C19H21NO3. The van der Waals surface area contributed by atoms with E-state index in [1.165, 1.54) is 4.90 Å². The highest BCUT2D eigenvalue weighted by molar-refractivity contribution is 5.96. The lowest BCUT2D eigenvalue weighted by Crippen LogP contribution is -2.50. The Kier molecular flexibility index (Phi) is 5.52. The van der Waals surface area contributed by atoms with E-state index < -0.39 is 12.0 Å². The molecule has 0 saturated heterocycles. The van der Waals surface area contributed by atoms with Crippen LogP contribution in [0.5, 0.6) is 0 Å². The van der Waals surface area contributed by atoms with Crippen molar-refractivity contribution < 1.29 is 14.7 Å². The Morgan fingerprint density at radius 2 is 1.48 bits per heavy atom. The summed E-state index contributed by atoms with van der Waals surface area (Å²) < 4.78 is 0. The van der Waals surface area contributed by atoms with Crippen LogP contribution in [0.1, 0.15) is 29.8 Å². The molecule has 2 aromatic rings. The van der Waals surface area contributed by atoms with Gasteiger partial charge in [0, 0.05) is 18.0 Å². The van der Waals surface area contributed by atoms with Crippen LogP contribution in [-0.2, 0) is 11.2 Å². The summed E-state index contributed by atoms with van der Waals surface area (Å²) in [5, 5.41) is 9.66. The number of hydrogen-bond donors (Lipinski definition) is 1. The molecule has 0 aromatic heterocycles. The number of amides is 1. The molecule has 0 spiro atoms. The quantitative estimate of drug-likeness (QED) is 0.891. The maximum absolute atomic E-state index is 12.8. The van der Waals surface area contributed by atoms with Gasteiger partial charge in [0.15, 0.2) is 0 Å². The highest BCUT2D eigenvalue weighted by Gasteiger charge is 2.32. The largest absolute Gasteiger partial charge is 0.480 e. The van der Waals surface area contributed by atoms with Crippen molar-refractivity contribution in [2.45, 2.75) is 32.4 Å². The molecule has 0 fully saturated rings. The minimum absolute atomic E-state index is 0.215. The van der Waals surface area contributed by atoms with Gasteiger partial charge in [0.05, 0.1) is 0 Å². The van der Waals surface area contributed by atoms with E-state index in [9.17, 15) is 14.7 Å². The van der Waals surface area contributed by atoms with Crippen molar-refractivity contribution in [3.8, 4) is 0 Å². The van der Waals surface area contributed by atoms with E-state index >= 15 is 0 Å². The molecule has 120 valence electrons. The SMILES string of the molecule is CC(C)N(C(=O)c1ccccc1)[C@@H](Cc1ccccc1)C(=O)O. The molecule has 0 aliphatic rings. The lowest BCUT2D eigenvalue weighted by Gasteiger charge is -2.32. The maximum atomic E-state index is 12.8. The summed E-state index contributed by atoms with van der Waals surface area (Å²) in [6.07, 6.45) is 0.285. The van der Waals surface area contributed by atoms with Crippen molar-refractivity contribution in [3.05, 3.63) is 71.8 Å². The third-order valence-corrected chi connectivity index (χ3v) is 3.70. The minimum atomic E-state index is -0.994. The Bertz CT molecular complexity index is 653. The zero-order valence-corrected chi connectivity index (χ0v) is 13.3. The average molecular weight is 311 g/mol. The number of hydrogen-bond acceptors (Lipinski definition) is 2. The number of carboxylic acids is 1. The van der Waals surface area contributed by atoms with Crippen LogP contribution in [0, 0.1) is 0 Å². The summed E-state index contributed by atoms with van der Waals surface area (Å²) in [6.45, 7) is 3.67. The van der Waals surface area contributed by atoms with Gasteiger partial charge in [-0.2, -0.15) is 0 Å². The van der Waals surface area contributed by atoms with E-state index in [-0.39, 0.29) is 18.4 Å². The topological polar surface area (TPSA) is 57.6 Å². The van der Waals surface area contributed by atoms with E-state index in [2.05, 4.69) is 0 Å². The highest BCUT2D eigenvalue weighted by atomic mass is 16.4. The van der Waals surface area contributed by atoms with Crippen LogP contribution in [0.2, 0.25) is 0 Å². The molecule has 0 heterocycles. The normalized spacial score (nSPS) is 12.0. The Morgan fingerprint density at radius 3 is 1.96 bits per heavy atom. The molecule has 23 heavy (non-hydrogen) atoms. The number of carbonyl (C=O) groups is 2. The average Bonchev–Trinajstić information content (AvgIpc) is 2.55. The van der Waals surface area contributed by atoms with Crippen molar-refractivity contribution in [3.63, 3.8) is 0 Å². The predicted octanol–water partition coefficient (Wildman–Crippen LogP) is 3.23. The van der Waals surface area contributed by atoms with Gasteiger partial charge < -0.3 is 10.0 Å². The second-order valence-corrected chi connectivity index (χ2v) is 5.72. The first-order valence-electron chi connectivity index (χ1n) is 7.65. The van der Waals surface area contributed by atoms with E-state index in [0.29, 0.717) is 5.56 Å². The van der Waals surface area contributed by atoms with Crippen molar-refractivity contribution >= 4 is 11.9 Å². The fourth-order valence-corrected chi connectivity index (χ4v) is 2.61. The summed E-state index contributed by atoms with van der Waals surface area (Å²) in [5.74, 6) is -1.25. The van der Waals surface area contributed by atoms with Crippen LogP contribution in [0.25, 0.3) is 0 Å². The second-order valence-electron chi connectivity index (χ2n) is 5.72. The molecule has 4 nitrogen and oxygen atoms in total. The van der Waals surface area contributed by atoms with Gasteiger partial charge in [0.1, 0.15) is 6.04 Å². The van der Waals surface area contributed by atoms with Crippen LogP contribution >= 0.6 is 0 Å². The van der Waals surface area contributed by atoms with Crippen LogP contribution in [0.4, 0.5) is 0 Å². The first kappa shape index (κ1) is 16.7. The first-order chi connectivity index (χ1) is 11.0. The molecule has 4 heteroatoms. The standard InChI is InChI=1S/C19H21NO3/c1-14(2)20(18(21)16-11-7-4-8-12-16)17(19(22)23)13-15-9-5-3-6-10-15/h3-12,14,17H,13H2,1-2H3,(H,22,23)/t17-/m0/s1. The number of nitrogens with zero attached hydrogens (tertiary/aromatic N) is 1. The first-order valence-corrected chi connectivity index (χ1v) is 7.65. The van der Waals surface area contributed by atoms with Crippen molar-refractivity contribution in [1.82, 2.24) is 4.90 Å². The zero-order chi connectivity index (χ0) is 16.8. The molecule has 0 unspecified atom stereocenters. The number of rotatable bonds is 6. The number of benzene rings is 2. The Labute approximate surface area is 136 Å². The molecule has 1 amide bonds. The van der Waals surface area contributed by atoms with Crippen molar-refractivity contribution in [2.75, 3.05) is 0 Å². The molecular weight excluding hydrogens is 290 g/mol. The third kappa shape index (κ3) is 4.19. The van der Waals surface area contributed by atoms with Gasteiger partial charge in [-0.25, -0.2) is 4.79 Å². The van der Waals surface area contributed by atoms with E-state index in [4.69, 9.17) is 0 Å². The molecule has 2 aromatic carbocycles. The Hall–Kier alpha value is -2.62. The second kappa shape index (κ2) is 7.58. The number of carbonyl (C=O) groups excluding carboxylic acids is 1. The number of aliphatic carboxylic acids is 1. The predicted molar refractivity (Wildman–Crippen MR) is 89.3 cm³/mol. The zero-order valence-electron chi connectivity index (χ0n) is 13.3. The van der Waals surface area contributed by atoms with Crippen molar-refractivity contribution in [2.24, 2.45) is 0 Å². The minimum Gasteiger partial charge on any atom is -0.480 e. The summed E-state index contributed by atoms with van der Waals surface area (Å²) in [5.41, 5.74) is 1.40. The summed E-state index contributed by atoms with van der Waals surface area (Å²) in [6, 6.07) is 17.1.